The van der Waals surface area contributed by atoms with Crippen LogP contribution in [0.3, 0.4) is 0 Å². The lowest BCUT2D eigenvalue weighted by Crippen LogP contribution is -2.27. The highest BCUT2D eigenvalue weighted by Gasteiger charge is 2.26. The largest absolute Gasteiger partial charge is 0.475 e. The lowest BCUT2D eigenvalue weighted by Gasteiger charge is -2.03. The number of nitrogens with one attached hydrogen (secondary N) is 1. The van der Waals surface area contributed by atoms with Crippen molar-refractivity contribution < 1.29 is 27.5 Å². The molecule has 8 heteroatoms. The molecule has 0 bridgehead atoms. The normalized spacial score (nSPS) is 15.2. The number of hydrogen-bond acceptors (Lipinski definition) is 5. The third kappa shape index (κ3) is 3.57. The van der Waals surface area contributed by atoms with E-state index >= 15 is 0 Å². The molecule has 7 nitrogen and oxygen atoms in total. The Morgan fingerprint density at radius 1 is 1.37 bits per heavy atom. The molecule has 1 aliphatic carbocycles. The first kappa shape index (κ1) is 13.6. The molecule has 2 N–H and O–H groups in total. The molecule has 1 aliphatic rings. The minimum absolute atomic E-state index is 0.165. The van der Waals surface area contributed by atoms with Crippen LogP contribution in [-0.2, 0) is 14.6 Å². The Labute approximate surface area is 109 Å². The summed E-state index contributed by atoms with van der Waals surface area (Å²) < 4.78 is 28.3. The third-order valence-corrected chi connectivity index (χ3v) is 4.21. The van der Waals surface area contributed by atoms with E-state index in [9.17, 15) is 18.0 Å². The monoisotopic (exact) mass is 287 g/mol. The average Bonchev–Trinajstić information content (AvgIpc) is 2.97. The number of aromatic carboxylic acids is 1. The van der Waals surface area contributed by atoms with Crippen LogP contribution >= 0.6 is 0 Å². The van der Waals surface area contributed by atoms with E-state index < -0.39 is 32.4 Å². The number of carboxylic acid groups (broad SMARTS) is 1. The van der Waals surface area contributed by atoms with E-state index in [2.05, 4.69) is 5.32 Å². The standard InChI is InChI=1S/C11H13NO6S/c13-9(12-7-1-2-7)5-6-19(16,17)10-4-3-8(18-10)11(14)15/h3-4,7H,1-2,5-6H2,(H,12,13)(H,14,15). The first-order valence-corrected chi connectivity index (χ1v) is 7.39. The molecule has 104 valence electrons. The van der Waals surface area contributed by atoms with Crippen molar-refractivity contribution in [2.24, 2.45) is 0 Å². The Bertz CT molecular complexity index is 598. The van der Waals surface area contributed by atoms with Crippen LogP contribution in [0.5, 0.6) is 0 Å². The van der Waals surface area contributed by atoms with Crippen LogP contribution in [0.1, 0.15) is 29.8 Å². The van der Waals surface area contributed by atoms with Crippen molar-refractivity contribution in [3.8, 4) is 0 Å². The summed E-state index contributed by atoms with van der Waals surface area (Å²) in [5.41, 5.74) is 0. The van der Waals surface area contributed by atoms with Crippen molar-refractivity contribution in [1.82, 2.24) is 5.32 Å². The molecule has 0 radical (unpaired) electrons. The van der Waals surface area contributed by atoms with E-state index in [1.165, 1.54) is 0 Å². The molecule has 0 aliphatic heterocycles. The molecule has 1 aromatic rings. The maximum absolute atomic E-state index is 11.8. The maximum Gasteiger partial charge on any atom is 0.371 e. The molecule has 0 spiro atoms. The number of carboxylic acids is 1. The maximum atomic E-state index is 11.8. The van der Waals surface area contributed by atoms with Gasteiger partial charge < -0.3 is 14.8 Å². The van der Waals surface area contributed by atoms with Gasteiger partial charge in [-0.25, -0.2) is 13.2 Å². The summed E-state index contributed by atoms with van der Waals surface area (Å²) in [6.45, 7) is 0. The summed E-state index contributed by atoms with van der Waals surface area (Å²) in [6.07, 6.45) is 1.69. The second-order valence-electron chi connectivity index (χ2n) is 4.33. The van der Waals surface area contributed by atoms with Gasteiger partial charge in [0.1, 0.15) is 0 Å². The number of carbonyl (C=O) groups excluding carboxylic acids is 1. The predicted octanol–water partition coefficient (Wildman–Crippen LogP) is 0.420. The Kier molecular flexibility index (Phi) is 3.61. The molecular formula is C11H13NO6S. The number of sulfone groups is 1. The van der Waals surface area contributed by atoms with Gasteiger partial charge in [0.15, 0.2) is 0 Å². The summed E-state index contributed by atoms with van der Waals surface area (Å²) in [5.74, 6) is -2.51. The minimum Gasteiger partial charge on any atom is -0.475 e. The molecule has 0 saturated heterocycles. The van der Waals surface area contributed by atoms with Crippen LogP contribution in [0.15, 0.2) is 21.6 Å². The van der Waals surface area contributed by atoms with Gasteiger partial charge in [0.05, 0.1) is 5.75 Å². The molecule has 1 aromatic heterocycles. The molecule has 0 atom stereocenters. The van der Waals surface area contributed by atoms with E-state index in [1.54, 1.807) is 0 Å². The third-order valence-electron chi connectivity index (χ3n) is 2.64. The highest BCUT2D eigenvalue weighted by Crippen LogP contribution is 2.19. The Morgan fingerprint density at radius 2 is 2.05 bits per heavy atom. The molecule has 1 fully saturated rings. The highest BCUT2D eigenvalue weighted by atomic mass is 32.2. The van der Waals surface area contributed by atoms with Crippen LogP contribution in [0.2, 0.25) is 0 Å². The number of furan rings is 1. The van der Waals surface area contributed by atoms with Crippen molar-refractivity contribution in [1.29, 1.82) is 0 Å². The van der Waals surface area contributed by atoms with Gasteiger partial charge in [-0.2, -0.15) is 0 Å². The van der Waals surface area contributed by atoms with E-state index in [0.717, 1.165) is 25.0 Å². The van der Waals surface area contributed by atoms with Crippen molar-refractivity contribution in [3.05, 3.63) is 17.9 Å². The first-order chi connectivity index (χ1) is 8.88. The predicted molar refractivity (Wildman–Crippen MR) is 63.5 cm³/mol. The number of carbonyl (C=O) groups is 2. The second-order valence-corrected chi connectivity index (χ2v) is 6.37. The number of hydrogen-bond donors (Lipinski definition) is 2. The highest BCUT2D eigenvalue weighted by molar-refractivity contribution is 7.91. The van der Waals surface area contributed by atoms with E-state index in [1.807, 2.05) is 0 Å². The number of amides is 1. The van der Waals surface area contributed by atoms with Crippen molar-refractivity contribution in [2.75, 3.05) is 5.75 Å². The summed E-state index contributed by atoms with van der Waals surface area (Å²) in [4.78, 5) is 22.0. The molecule has 19 heavy (non-hydrogen) atoms. The Morgan fingerprint density at radius 3 is 2.58 bits per heavy atom. The van der Waals surface area contributed by atoms with Gasteiger partial charge in [-0.05, 0) is 25.0 Å². The molecule has 0 unspecified atom stereocenters. The summed E-state index contributed by atoms with van der Waals surface area (Å²) in [7, 11) is -3.77. The van der Waals surface area contributed by atoms with E-state index in [0.29, 0.717) is 0 Å². The van der Waals surface area contributed by atoms with Crippen molar-refractivity contribution in [2.45, 2.75) is 30.4 Å². The zero-order chi connectivity index (χ0) is 14.0. The SMILES string of the molecule is O=C(CCS(=O)(=O)c1ccc(C(=O)O)o1)NC1CC1. The fourth-order valence-electron chi connectivity index (χ4n) is 1.46. The van der Waals surface area contributed by atoms with Crippen molar-refractivity contribution >= 4 is 21.7 Å². The molecular weight excluding hydrogens is 274 g/mol. The van der Waals surface area contributed by atoms with Crippen LogP contribution in [0.25, 0.3) is 0 Å². The fourth-order valence-corrected chi connectivity index (χ4v) is 2.60. The lowest BCUT2D eigenvalue weighted by molar-refractivity contribution is -0.120. The van der Waals surface area contributed by atoms with Gasteiger partial charge in [0.25, 0.3) is 0 Å². The smallest absolute Gasteiger partial charge is 0.371 e. The quantitative estimate of drug-likeness (QED) is 0.783. The van der Waals surface area contributed by atoms with Gasteiger partial charge in [-0.3, -0.25) is 4.79 Å². The minimum atomic E-state index is -3.77. The number of rotatable bonds is 6. The van der Waals surface area contributed by atoms with Crippen molar-refractivity contribution in [3.63, 3.8) is 0 Å². The van der Waals surface area contributed by atoms with E-state index in [-0.39, 0.29) is 18.4 Å². The second kappa shape index (κ2) is 5.04. The Hall–Kier alpha value is -1.83. The summed E-state index contributed by atoms with van der Waals surface area (Å²) >= 11 is 0. The molecule has 2 rings (SSSR count). The van der Waals surface area contributed by atoms with Crippen LogP contribution < -0.4 is 5.32 Å². The van der Waals surface area contributed by atoms with Gasteiger partial charge in [0.2, 0.25) is 26.6 Å². The van der Waals surface area contributed by atoms with Gasteiger partial charge >= 0.3 is 5.97 Å². The van der Waals surface area contributed by atoms with Gasteiger partial charge in [0, 0.05) is 12.5 Å². The van der Waals surface area contributed by atoms with Crippen LogP contribution in [0.4, 0.5) is 0 Å². The molecule has 0 aromatic carbocycles. The average molecular weight is 287 g/mol. The Balaban J connectivity index is 1.96. The zero-order valence-corrected chi connectivity index (χ0v) is 10.8. The molecule has 1 amide bonds. The van der Waals surface area contributed by atoms with E-state index in [4.69, 9.17) is 9.52 Å². The van der Waals surface area contributed by atoms with Gasteiger partial charge in [-0.1, -0.05) is 0 Å². The van der Waals surface area contributed by atoms with Crippen LogP contribution in [0, 0.1) is 0 Å². The fraction of sp³-hybridized carbons (Fsp3) is 0.455. The lowest BCUT2D eigenvalue weighted by atomic mass is 10.4. The zero-order valence-electron chi connectivity index (χ0n) is 9.96. The topological polar surface area (TPSA) is 114 Å². The summed E-state index contributed by atoms with van der Waals surface area (Å²) in [6, 6.07) is 2.33. The molecule has 1 saturated carbocycles. The van der Waals surface area contributed by atoms with Gasteiger partial charge in [-0.15, -0.1) is 0 Å². The summed E-state index contributed by atoms with van der Waals surface area (Å²) in [5, 5.41) is 10.9. The molecule has 1 heterocycles. The first-order valence-electron chi connectivity index (χ1n) is 5.74. The van der Waals surface area contributed by atoms with Crippen LogP contribution in [-0.4, -0.2) is 37.2 Å².